The fourth-order valence-corrected chi connectivity index (χ4v) is 3.45. The fourth-order valence-electron chi connectivity index (χ4n) is 3.45. The van der Waals surface area contributed by atoms with Gasteiger partial charge in [0.1, 0.15) is 0 Å². The molecular weight excluding hydrogens is 368 g/mol. The molecule has 1 N–H and O–H groups in total. The van der Waals surface area contributed by atoms with E-state index in [0.29, 0.717) is 45.0 Å². The van der Waals surface area contributed by atoms with Gasteiger partial charge in [0.25, 0.3) is 5.56 Å². The average Bonchev–Trinajstić information content (AvgIpc) is 3.09. The van der Waals surface area contributed by atoms with E-state index in [2.05, 4.69) is 9.88 Å². The number of ether oxygens (including phenoxy) is 1. The number of aliphatic hydroxyl groups excluding tert-OH is 1. The van der Waals surface area contributed by atoms with Crippen LogP contribution in [-0.2, 0) is 25.4 Å². The third-order valence-corrected chi connectivity index (χ3v) is 4.99. The number of β-amino-alcohol motifs (C(OH)–C–C–N with tert-alkyl or cyclic N) is 1. The second kappa shape index (κ2) is 8.15. The molecule has 0 spiro atoms. The minimum Gasteiger partial charge on any atom is -0.450 e. The summed E-state index contributed by atoms with van der Waals surface area (Å²) in [6, 6.07) is 0. The Kier molecular flexibility index (Phi) is 5.84. The fraction of sp³-hybridized carbons (Fsp3) is 0.647. The summed E-state index contributed by atoms with van der Waals surface area (Å²) in [4.78, 5) is 44.1. The minimum absolute atomic E-state index is 0.183. The van der Waals surface area contributed by atoms with Crippen molar-refractivity contribution in [3.05, 3.63) is 27.2 Å². The number of nitrogens with zero attached hydrogens (tertiary/aromatic N) is 6. The first-order chi connectivity index (χ1) is 13.3. The number of hydrogen-bond donors (Lipinski definition) is 1. The molecule has 1 fully saturated rings. The molecule has 0 aromatic carbocycles. The molecule has 154 valence electrons. The number of aromatic nitrogens is 4. The quantitative estimate of drug-likeness (QED) is 0.661. The average molecular weight is 394 g/mol. The number of aryl methyl sites for hydroxylation is 1. The molecule has 1 aliphatic heterocycles. The van der Waals surface area contributed by atoms with Gasteiger partial charge >= 0.3 is 11.8 Å². The highest BCUT2D eigenvalue weighted by Gasteiger charge is 2.24. The van der Waals surface area contributed by atoms with E-state index < -0.39 is 17.4 Å². The van der Waals surface area contributed by atoms with Gasteiger partial charge in [0, 0.05) is 46.8 Å². The zero-order valence-electron chi connectivity index (χ0n) is 16.4. The van der Waals surface area contributed by atoms with Crippen LogP contribution in [-0.4, -0.2) is 85.1 Å². The van der Waals surface area contributed by atoms with Crippen molar-refractivity contribution in [3.63, 3.8) is 0 Å². The van der Waals surface area contributed by atoms with Crippen molar-refractivity contribution in [2.24, 2.45) is 14.1 Å². The Balaban J connectivity index is 1.65. The molecule has 0 bridgehead atoms. The lowest BCUT2D eigenvalue weighted by Crippen LogP contribution is -2.50. The van der Waals surface area contributed by atoms with Crippen LogP contribution >= 0.6 is 0 Å². The molecule has 0 radical (unpaired) electrons. The van der Waals surface area contributed by atoms with E-state index in [4.69, 9.17) is 4.74 Å². The Morgan fingerprint density at radius 2 is 1.86 bits per heavy atom. The van der Waals surface area contributed by atoms with Gasteiger partial charge in [0.2, 0.25) is 0 Å². The molecule has 2 aromatic heterocycles. The molecule has 0 unspecified atom stereocenters. The highest BCUT2D eigenvalue weighted by Crippen LogP contribution is 2.09. The SMILES string of the molecule is CCOC(=O)N1CCN(C[C@H](O)Cn2cnc3c2c(=O)n(C)c(=O)n3C)CC1. The number of fused-ring (bicyclic) bond motifs is 1. The maximum absolute atomic E-state index is 12.5. The van der Waals surface area contributed by atoms with Crippen molar-refractivity contribution in [2.75, 3.05) is 39.3 Å². The molecule has 3 heterocycles. The van der Waals surface area contributed by atoms with Gasteiger partial charge in [-0.25, -0.2) is 14.6 Å². The number of amides is 1. The second-order valence-electron chi connectivity index (χ2n) is 6.92. The molecule has 3 rings (SSSR count). The van der Waals surface area contributed by atoms with Crippen molar-refractivity contribution < 1.29 is 14.6 Å². The van der Waals surface area contributed by atoms with Gasteiger partial charge < -0.3 is 19.3 Å². The minimum atomic E-state index is -0.728. The number of imidazole rings is 1. The zero-order chi connectivity index (χ0) is 20.4. The molecule has 1 amide bonds. The highest BCUT2D eigenvalue weighted by atomic mass is 16.6. The van der Waals surface area contributed by atoms with Crippen LogP contribution in [0.15, 0.2) is 15.9 Å². The van der Waals surface area contributed by atoms with E-state index in [0.717, 1.165) is 4.57 Å². The summed E-state index contributed by atoms with van der Waals surface area (Å²) in [5, 5.41) is 10.5. The van der Waals surface area contributed by atoms with Gasteiger partial charge in [-0.05, 0) is 6.92 Å². The van der Waals surface area contributed by atoms with E-state index in [1.807, 2.05) is 0 Å². The third kappa shape index (κ3) is 3.80. The van der Waals surface area contributed by atoms with Crippen molar-refractivity contribution in [3.8, 4) is 0 Å². The van der Waals surface area contributed by atoms with Crippen molar-refractivity contribution in [1.82, 2.24) is 28.5 Å². The monoisotopic (exact) mass is 394 g/mol. The largest absolute Gasteiger partial charge is 0.450 e. The van der Waals surface area contributed by atoms with Crippen molar-refractivity contribution in [2.45, 2.75) is 19.6 Å². The molecule has 11 heteroatoms. The van der Waals surface area contributed by atoms with Crippen LogP contribution in [0, 0.1) is 0 Å². The van der Waals surface area contributed by atoms with Crippen LogP contribution in [0.1, 0.15) is 6.92 Å². The number of piperazine rings is 1. The number of aliphatic hydroxyl groups is 1. The number of hydrogen-bond acceptors (Lipinski definition) is 7. The molecule has 11 nitrogen and oxygen atoms in total. The predicted octanol–water partition coefficient (Wildman–Crippen LogP) is -1.43. The third-order valence-electron chi connectivity index (χ3n) is 4.99. The Labute approximate surface area is 161 Å². The summed E-state index contributed by atoms with van der Waals surface area (Å²) in [5.74, 6) is 0. The standard InChI is InChI=1S/C17H26N6O5/c1-4-28-17(27)22-7-5-21(6-8-22)9-12(24)10-23-11-18-14-13(23)15(25)20(3)16(26)19(14)2/h11-12,24H,4-10H2,1-3H3/t12-/m0/s1. The van der Waals surface area contributed by atoms with E-state index in [1.165, 1.54) is 17.9 Å². The molecule has 1 saturated heterocycles. The Morgan fingerprint density at radius 3 is 2.50 bits per heavy atom. The highest BCUT2D eigenvalue weighted by molar-refractivity contribution is 5.70. The number of carbonyl (C=O) groups excluding carboxylic acids is 1. The predicted molar refractivity (Wildman–Crippen MR) is 101 cm³/mol. The normalized spacial score (nSPS) is 16.5. The van der Waals surface area contributed by atoms with E-state index in [-0.39, 0.29) is 18.2 Å². The van der Waals surface area contributed by atoms with Gasteiger partial charge in [-0.3, -0.25) is 18.8 Å². The van der Waals surface area contributed by atoms with E-state index in [1.54, 1.807) is 23.4 Å². The summed E-state index contributed by atoms with van der Waals surface area (Å²) in [7, 11) is 2.97. The van der Waals surface area contributed by atoms with Crippen molar-refractivity contribution >= 4 is 17.3 Å². The second-order valence-corrected chi connectivity index (χ2v) is 6.92. The van der Waals surface area contributed by atoms with Gasteiger partial charge in [-0.1, -0.05) is 0 Å². The lowest BCUT2D eigenvalue weighted by atomic mass is 10.2. The van der Waals surface area contributed by atoms with E-state index in [9.17, 15) is 19.5 Å². The lowest BCUT2D eigenvalue weighted by Gasteiger charge is -2.35. The van der Waals surface area contributed by atoms with Crippen LogP contribution in [0.4, 0.5) is 4.79 Å². The molecule has 1 atom stereocenters. The number of carbonyl (C=O) groups is 1. The first-order valence-corrected chi connectivity index (χ1v) is 9.26. The summed E-state index contributed by atoms with van der Waals surface area (Å²) in [5.41, 5.74) is -0.298. The van der Waals surface area contributed by atoms with Gasteiger partial charge in [0.15, 0.2) is 11.2 Å². The Hall–Kier alpha value is -2.66. The zero-order valence-corrected chi connectivity index (χ0v) is 16.4. The topological polar surface area (TPSA) is 115 Å². The summed E-state index contributed by atoms with van der Waals surface area (Å²) >= 11 is 0. The van der Waals surface area contributed by atoms with Crippen LogP contribution in [0.2, 0.25) is 0 Å². The summed E-state index contributed by atoms with van der Waals surface area (Å²) in [6.45, 7) is 5.07. The lowest BCUT2D eigenvalue weighted by molar-refractivity contribution is 0.0536. The van der Waals surface area contributed by atoms with Crippen LogP contribution in [0.3, 0.4) is 0 Å². The van der Waals surface area contributed by atoms with Gasteiger partial charge in [-0.15, -0.1) is 0 Å². The Morgan fingerprint density at radius 1 is 1.18 bits per heavy atom. The van der Waals surface area contributed by atoms with Crippen LogP contribution < -0.4 is 11.2 Å². The molecule has 1 aliphatic rings. The smallest absolute Gasteiger partial charge is 0.409 e. The van der Waals surface area contributed by atoms with Gasteiger partial charge in [0.05, 0.1) is 25.6 Å². The van der Waals surface area contributed by atoms with Crippen LogP contribution in [0.25, 0.3) is 11.2 Å². The maximum atomic E-state index is 12.5. The maximum Gasteiger partial charge on any atom is 0.409 e. The Bertz CT molecular complexity index is 969. The first-order valence-electron chi connectivity index (χ1n) is 9.26. The molecule has 28 heavy (non-hydrogen) atoms. The number of rotatable bonds is 5. The van der Waals surface area contributed by atoms with E-state index >= 15 is 0 Å². The van der Waals surface area contributed by atoms with Crippen molar-refractivity contribution in [1.29, 1.82) is 0 Å². The summed E-state index contributed by atoms with van der Waals surface area (Å²) < 4.78 is 8.92. The molecule has 2 aromatic rings. The van der Waals surface area contributed by atoms with Gasteiger partial charge in [-0.2, -0.15) is 0 Å². The molecule has 0 aliphatic carbocycles. The molecule has 0 saturated carbocycles. The first kappa shape index (κ1) is 20.1. The molecular formula is C17H26N6O5. The van der Waals surface area contributed by atoms with Crippen LogP contribution in [0.5, 0.6) is 0 Å². The summed E-state index contributed by atoms with van der Waals surface area (Å²) in [6.07, 6.45) is 0.426.